The Morgan fingerprint density at radius 1 is 0.821 bits per heavy atom. The van der Waals surface area contributed by atoms with E-state index in [1.54, 1.807) is 12.1 Å². The molecule has 0 atom stereocenters. The Hall–Kier alpha value is -3.67. The van der Waals surface area contributed by atoms with Gasteiger partial charge < -0.3 is 14.2 Å². The highest BCUT2D eigenvalue weighted by Gasteiger charge is 2.10. The third kappa shape index (κ3) is 7.29. The number of rotatable bonds is 7. The predicted molar refractivity (Wildman–Crippen MR) is 105 cm³/mol. The Morgan fingerprint density at radius 3 is 2.18 bits per heavy atom. The van der Waals surface area contributed by atoms with Crippen LogP contribution in [0.25, 0.3) is 12.2 Å². The van der Waals surface area contributed by atoms with Crippen molar-refractivity contribution < 1.29 is 28.6 Å². The van der Waals surface area contributed by atoms with Gasteiger partial charge in [0.2, 0.25) is 0 Å². The zero-order valence-electron chi connectivity index (χ0n) is 15.6. The molecule has 0 unspecified atom stereocenters. The van der Waals surface area contributed by atoms with Gasteiger partial charge in [-0.15, -0.1) is 0 Å². The zero-order valence-corrected chi connectivity index (χ0v) is 15.6. The third-order valence-corrected chi connectivity index (χ3v) is 3.32. The number of carbonyl (C=O) groups is 3. The molecule has 0 bridgehead atoms. The summed E-state index contributed by atoms with van der Waals surface area (Å²) in [6.45, 7) is 2.62. The molecule has 2 aromatic carbocycles. The second-order valence-corrected chi connectivity index (χ2v) is 5.67. The van der Waals surface area contributed by atoms with Gasteiger partial charge in [-0.1, -0.05) is 42.5 Å². The summed E-state index contributed by atoms with van der Waals surface area (Å²) in [4.78, 5) is 34.1. The molecule has 0 fully saturated rings. The van der Waals surface area contributed by atoms with E-state index in [2.05, 4.69) is 0 Å². The van der Waals surface area contributed by atoms with Gasteiger partial charge in [0.25, 0.3) is 0 Å². The van der Waals surface area contributed by atoms with E-state index in [9.17, 15) is 14.4 Å². The summed E-state index contributed by atoms with van der Waals surface area (Å²) >= 11 is 0. The molecule has 0 aliphatic carbocycles. The van der Waals surface area contributed by atoms with Crippen molar-refractivity contribution in [3.8, 4) is 11.5 Å². The van der Waals surface area contributed by atoms with Gasteiger partial charge in [0.05, 0.1) is 0 Å². The van der Waals surface area contributed by atoms with Crippen molar-refractivity contribution in [2.75, 3.05) is 6.61 Å². The molecule has 6 heteroatoms. The summed E-state index contributed by atoms with van der Waals surface area (Å²) in [5.41, 5.74) is 1.59. The molecule has 0 saturated carbocycles. The Kier molecular flexibility index (Phi) is 7.72. The second-order valence-electron chi connectivity index (χ2n) is 5.67. The van der Waals surface area contributed by atoms with E-state index in [-0.39, 0.29) is 18.1 Å². The number of benzene rings is 2. The maximum Gasteiger partial charge on any atom is 0.331 e. The SMILES string of the molecule is CC(=O)Oc1ccc(/C=C/C(=O)OC/C=C/c2ccccc2)cc1OC(C)=O. The van der Waals surface area contributed by atoms with E-state index in [0.29, 0.717) is 5.56 Å². The van der Waals surface area contributed by atoms with Gasteiger partial charge in [0, 0.05) is 19.9 Å². The topological polar surface area (TPSA) is 78.9 Å². The molecule has 2 aromatic rings. The van der Waals surface area contributed by atoms with E-state index >= 15 is 0 Å². The largest absolute Gasteiger partial charge is 0.458 e. The lowest BCUT2D eigenvalue weighted by atomic mass is 10.2. The first-order valence-electron chi connectivity index (χ1n) is 8.51. The van der Waals surface area contributed by atoms with Crippen LogP contribution in [-0.4, -0.2) is 24.5 Å². The van der Waals surface area contributed by atoms with Gasteiger partial charge >= 0.3 is 17.9 Å². The highest BCUT2D eigenvalue weighted by molar-refractivity contribution is 5.87. The zero-order chi connectivity index (χ0) is 20.4. The summed E-state index contributed by atoms with van der Waals surface area (Å²) in [6, 6.07) is 14.2. The molecule has 0 radical (unpaired) electrons. The molecule has 0 aliphatic rings. The van der Waals surface area contributed by atoms with Crippen molar-refractivity contribution in [1.29, 1.82) is 0 Å². The Morgan fingerprint density at radius 2 is 1.50 bits per heavy atom. The van der Waals surface area contributed by atoms with Gasteiger partial charge in [0.1, 0.15) is 6.61 Å². The molecule has 2 rings (SSSR count). The maximum atomic E-state index is 11.8. The minimum atomic E-state index is -0.556. The van der Waals surface area contributed by atoms with Crippen LogP contribution in [0, 0.1) is 0 Å². The van der Waals surface area contributed by atoms with Crippen molar-refractivity contribution in [3.63, 3.8) is 0 Å². The molecule has 0 N–H and O–H groups in total. The van der Waals surface area contributed by atoms with Crippen LogP contribution in [0.1, 0.15) is 25.0 Å². The number of hydrogen-bond acceptors (Lipinski definition) is 6. The molecule has 0 amide bonds. The van der Waals surface area contributed by atoms with E-state index in [4.69, 9.17) is 14.2 Å². The summed E-state index contributed by atoms with van der Waals surface area (Å²) in [5.74, 6) is -1.41. The molecule has 0 aromatic heterocycles. The Labute approximate surface area is 163 Å². The number of hydrogen-bond donors (Lipinski definition) is 0. The standard InChI is InChI=1S/C22H20O6/c1-16(23)27-20-12-10-19(15-21(20)28-17(2)24)11-13-22(25)26-14-6-9-18-7-4-3-5-8-18/h3-13,15H,14H2,1-2H3/b9-6+,13-11+. The fraction of sp³-hybridized carbons (Fsp3) is 0.136. The van der Waals surface area contributed by atoms with Crippen molar-refractivity contribution in [3.05, 3.63) is 71.8 Å². The van der Waals surface area contributed by atoms with Crippen molar-refractivity contribution in [1.82, 2.24) is 0 Å². The van der Waals surface area contributed by atoms with Crippen molar-refractivity contribution >= 4 is 30.1 Å². The van der Waals surface area contributed by atoms with Crippen LogP contribution in [0.5, 0.6) is 11.5 Å². The Balaban J connectivity index is 1.96. The average molecular weight is 380 g/mol. The van der Waals surface area contributed by atoms with Crippen LogP contribution in [0.2, 0.25) is 0 Å². The molecule has 0 heterocycles. The average Bonchev–Trinajstić information content (AvgIpc) is 2.65. The van der Waals surface area contributed by atoms with Gasteiger partial charge in [-0.3, -0.25) is 9.59 Å². The summed E-state index contributed by atoms with van der Waals surface area (Å²) in [6.07, 6.45) is 6.37. The lowest BCUT2D eigenvalue weighted by Gasteiger charge is -2.09. The minimum absolute atomic E-state index is 0.0870. The van der Waals surface area contributed by atoms with Crippen LogP contribution >= 0.6 is 0 Å². The van der Waals surface area contributed by atoms with E-state index in [1.165, 1.54) is 38.1 Å². The fourth-order valence-corrected chi connectivity index (χ4v) is 2.19. The van der Waals surface area contributed by atoms with E-state index in [0.717, 1.165) is 5.56 Å². The van der Waals surface area contributed by atoms with Crippen LogP contribution in [0.3, 0.4) is 0 Å². The van der Waals surface area contributed by atoms with Crippen LogP contribution in [0.4, 0.5) is 0 Å². The molecule has 0 saturated heterocycles. The molecular weight excluding hydrogens is 360 g/mol. The van der Waals surface area contributed by atoms with Crippen molar-refractivity contribution in [2.24, 2.45) is 0 Å². The van der Waals surface area contributed by atoms with Gasteiger partial charge in [0.15, 0.2) is 11.5 Å². The summed E-state index contributed by atoms with van der Waals surface area (Å²) in [7, 11) is 0. The van der Waals surface area contributed by atoms with E-state index in [1.807, 2.05) is 36.4 Å². The molecule has 28 heavy (non-hydrogen) atoms. The minimum Gasteiger partial charge on any atom is -0.458 e. The molecule has 144 valence electrons. The third-order valence-electron chi connectivity index (χ3n) is 3.32. The van der Waals surface area contributed by atoms with Crippen LogP contribution in [-0.2, 0) is 19.1 Å². The van der Waals surface area contributed by atoms with Crippen LogP contribution in [0.15, 0.2) is 60.7 Å². The lowest BCUT2D eigenvalue weighted by molar-refractivity contribution is -0.136. The number of ether oxygens (including phenoxy) is 3. The second kappa shape index (κ2) is 10.5. The Bertz CT molecular complexity index is 896. The molecule has 6 nitrogen and oxygen atoms in total. The van der Waals surface area contributed by atoms with E-state index < -0.39 is 17.9 Å². The smallest absolute Gasteiger partial charge is 0.331 e. The first-order valence-corrected chi connectivity index (χ1v) is 8.51. The highest BCUT2D eigenvalue weighted by Crippen LogP contribution is 2.29. The van der Waals surface area contributed by atoms with Crippen molar-refractivity contribution in [2.45, 2.75) is 13.8 Å². The molecular formula is C22H20O6. The normalized spacial score (nSPS) is 10.8. The maximum absolute atomic E-state index is 11.8. The monoisotopic (exact) mass is 380 g/mol. The predicted octanol–water partition coefficient (Wildman–Crippen LogP) is 3.81. The lowest BCUT2D eigenvalue weighted by Crippen LogP contribution is -2.07. The van der Waals surface area contributed by atoms with Crippen LogP contribution < -0.4 is 9.47 Å². The van der Waals surface area contributed by atoms with Gasteiger partial charge in [-0.05, 0) is 35.4 Å². The number of esters is 3. The fourth-order valence-electron chi connectivity index (χ4n) is 2.19. The van der Waals surface area contributed by atoms with Gasteiger partial charge in [-0.2, -0.15) is 0 Å². The first-order chi connectivity index (χ1) is 13.4. The first kappa shape index (κ1) is 20.6. The van der Waals surface area contributed by atoms with Gasteiger partial charge in [-0.25, -0.2) is 4.79 Å². The number of carbonyl (C=O) groups excluding carboxylic acids is 3. The highest BCUT2D eigenvalue weighted by atomic mass is 16.6. The molecule has 0 spiro atoms. The summed E-state index contributed by atoms with van der Waals surface area (Å²) in [5, 5.41) is 0. The quantitative estimate of drug-likeness (QED) is 0.413. The molecule has 0 aliphatic heterocycles. The summed E-state index contributed by atoms with van der Waals surface area (Å²) < 4.78 is 15.1.